The van der Waals surface area contributed by atoms with Crippen LogP contribution in [0.1, 0.15) is 42.5 Å². The summed E-state index contributed by atoms with van der Waals surface area (Å²) in [6.45, 7) is 2.67. The average molecular weight is 302 g/mol. The van der Waals surface area contributed by atoms with Gasteiger partial charge in [0.2, 0.25) is 0 Å². The molecule has 1 aromatic rings. The number of amides is 1. The first-order valence-corrected chi connectivity index (χ1v) is 8.05. The smallest absolute Gasteiger partial charge is 0.326 e. The molecule has 0 aromatic heterocycles. The van der Waals surface area contributed by atoms with Crippen LogP contribution in [-0.4, -0.2) is 47.6 Å². The number of piperidine rings is 1. The molecule has 5 heteroatoms. The Morgan fingerprint density at radius 1 is 0.955 bits per heavy atom. The fourth-order valence-corrected chi connectivity index (χ4v) is 3.40. The number of likely N-dealkylation sites (tertiary alicyclic amines) is 1. The topological polar surface area (TPSA) is 60.9 Å². The van der Waals surface area contributed by atoms with Crippen LogP contribution in [-0.2, 0) is 4.79 Å². The molecule has 0 radical (unpaired) electrons. The monoisotopic (exact) mass is 302 g/mol. The zero-order chi connectivity index (χ0) is 15.5. The predicted octanol–water partition coefficient (Wildman–Crippen LogP) is 2.37. The summed E-state index contributed by atoms with van der Waals surface area (Å²) in [5.41, 5.74) is 1.72. The molecule has 0 bridgehead atoms. The number of aliphatic carboxylic acids is 1. The van der Waals surface area contributed by atoms with Gasteiger partial charge in [-0.1, -0.05) is 0 Å². The third-order valence-corrected chi connectivity index (χ3v) is 4.63. The quantitative estimate of drug-likeness (QED) is 0.931. The van der Waals surface area contributed by atoms with Crippen LogP contribution in [0, 0.1) is 0 Å². The van der Waals surface area contributed by atoms with Crippen LogP contribution in [0.25, 0.3) is 0 Å². The summed E-state index contributed by atoms with van der Waals surface area (Å²) >= 11 is 0. The molecule has 3 rings (SSSR count). The van der Waals surface area contributed by atoms with Crippen molar-refractivity contribution in [2.24, 2.45) is 0 Å². The summed E-state index contributed by atoms with van der Waals surface area (Å²) in [6, 6.07) is 6.93. The van der Waals surface area contributed by atoms with Crippen molar-refractivity contribution in [2.45, 2.75) is 38.1 Å². The molecule has 2 aliphatic rings. The number of hydrogen-bond donors (Lipinski definition) is 1. The summed E-state index contributed by atoms with van der Waals surface area (Å²) in [4.78, 5) is 27.5. The van der Waals surface area contributed by atoms with Crippen molar-refractivity contribution in [1.29, 1.82) is 0 Å². The van der Waals surface area contributed by atoms with Crippen molar-refractivity contribution in [2.75, 3.05) is 24.5 Å². The lowest BCUT2D eigenvalue weighted by Gasteiger charge is -2.29. The minimum atomic E-state index is -0.907. The normalized spacial score (nSPS) is 21.9. The van der Waals surface area contributed by atoms with Crippen molar-refractivity contribution in [1.82, 2.24) is 4.90 Å². The summed E-state index contributed by atoms with van der Waals surface area (Å²) in [5.74, 6) is -1.08. The summed E-state index contributed by atoms with van der Waals surface area (Å²) in [5, 5.41) is 9.19. The molecule has 0 unspecified atom stereocenters. The maximum atomic E-state index is 12.5. The highest BCUT2D eigenvalue weighted by atomic mass is 16.4. The van der Waals surface area contributed by atoms with Gasteiger partial charge in [0.05, 0.1) is 0 Å². The van der Waals surface area contributed by atoms with E-state index in [4.69, 9.17) is 0 Å². The Bertz CT molecular complexity index is 550. The van der Waals surface area contributed by atoms with Gasteiger partial charge in [-0.3, -0.25) is 4.79 Å². The van der Waals surface area contributed by atoms with E-state index in [2.05, 4.69) is 4.90 Å². The molecular formula is C17H22N2O3. The van der Waals surface area contributed by atoms with E-state index < -0.39 is 12.0 Å². The molecule has 5 nitrogen and oxygen atoms in total. The maximum Gasteiger partial charge on any atom is 0.326 e. The molecule has 1 atom stereocenters. The van der Waals surface area contributed by atoms with E-state index in [-0.39, 0.29) is 5.91 Å². The predicted molar refractivity (Wildman–Crippen MR) is 84.2 cm³/mol. The van der Waals surface area contributed by atoms with E-state index in [0.29, 0.717) is 18.5 Å². The highest BCUT2D eigenvalue weighted by Gasteiger charge is 2.34. The van der Waals surface area contributed by atoms with Crippen LogP contribution < -0.4 is 4.90 Å². The van der Waals surface area contributed by atoms with Gasteiger partial charge in [0.15, 0.2) is 0 Å². The maximum absolute atomic E-state index is 12.5. The van der Waals surface area contributed by atoms with Gasteiger partial charge in [-0.05, 0) is 56.4 Å². The highest BCUT2D eigenvalue weighted by molar-refractivity contribution is 5.97. The molecule has 2 saturated heterocycles. The molecule has 118 valence electrons. The molecule has 2 fully saturated rings. The number of benzene rings is 1. The number of hydrogen-bond acceptors (Lipinski definition) is 3. The largest absolute Gasteiger partial charge is 0.480 e. The Kier molecular flexibility index (Phi) is 4.32. The van der Waals surface area contributed by atoms with Crippen molar-refractivity contribution in [3.05, 3.63) is 29.8 Å². The highest BCUT2D eigenvalue weighted by Crippen LogP contribution is 2.23. The number of rotatable bonds is 3. The number of carbonyl (C=O) groups is 2. The molecular weight excluding hydrogens is 280 g/mol. The van der Waals surface area contributed by atoms with Crippen LogP contribution >= 0.6 is 0 Å². The van der Waals surface area contributed by atoms with Gasteiger partial charge in [-0.15, -0.1) is 0 Å². The molecule has 0 aliphatic carbocycles. The average Bonchev–Trinajstić information content (AvgIpc) is 3.05. The lowest BCUT2D eigenvalue weighted by atomic mass is 10.1. The zero-order valence-corrected chi connectivity index (χ0v) is 12.7. The van der Waals surface area contributed by atoms with Gasteiger partial charge >= 0.3 is 5.97 Å². The standard InChI is InChI=1S/C17H22N2O3/c20-16(19-12-4-5-15(19)17(21)22)13-6-8-14(9-7-13)18-10-2-1-3-11-18/h6-9,15H,1-5,10-12H2,(H,21,22)/t15-/m0/s1. The number of carboxylic acid groups (broad SMARTS) is 1. The van der Waals surface area contributed by atoms with E-state index in [1.165, 1.54) is 24.2 Å². The minimum absolute atomic E-state index is 0.171. The Labute approximate surface area is 130 Å². The molecule has 2 heterocycles. The molecule has 1 N–H and O–H groups in total. The van der Waals surface area contributed by atoms with Gasteiger partial charge in [0, 0.05) is 30.9 Å². The van der Waals surface area contributed by atoms with Crippen LogP contribution in [0.3, 0.4) is 0 Å². The molecule has 0 spiro atoms. The number of anilines is 1. The second kappa shape index (κ2) is 6.38. The van der Waals surface area contributed by atoms with E-state index in [9.17, 15) is 14.7 Å². The first-order chi connectivity index (χ1) is 10.7. The Morgan fingerprint density at radius 3 is 2.27 bits per heavy atom. The van der Waals surface area contributed by atoms with E-state index in [1.54, 1.807) is 0 Å². The van der Waals surface area contributed by atoms with E-state index in [1.807, 2.05) is 24.3 Å². The third kappa shape index (κ3) is 2.93. The first-order valence-electron chi connectivity index (χ1n) is 8.05. The first kappa shape index (κ1) is 14.9. The van der Waals surface area contributed by atoms with Gasteiger partial charge < -0.3 is 14.9 Å². The summed E-state index contributed by atoms with van der Waals surface area (Å²) < 4.78 is 0. The van der Waals surface area contributed by atoms with Gasteiger partial charge in [0.1, 0.15) is 6.04 Å². The third-order valence-electron chi connectivity index (χ3n) is 4.63. The van der Waals surface area contributed by atoms with E-state index in [0.717, 1.165) is 25.2 Å². The van der Waals surface area contributed by atoms with Crippen molar-refractivity contribution < 1.29 is 14.7 Å². The second-order valence-corrected chi connectivity index (χ2v) is 6.09. The molecule has 1 amide bonds. The molecule has 0 saturated carbocycles. The fourth-order valence-electron chi connectivity index (χ4n) is 3.40. The lowest BCUT2D eigenvalue weighted by molar-refractivity contribution is -0.141. The van der Waals surface area contributed by atoms with Crippen molar-refractivity contribution in [3.63, 3.8) is 0 Å². The van der Waals surface area contributed by atoms with Crippen molar-refractivity contribution in [3.8, 4) is 0 Å². The Hall–Kier alpha value is -2.04. The van der Waals surface area contributed by atoms with Gasteiger partial charge in [-0.2, -0.15) is 0 Å². The SMILES string of the molecule is O=C(O)[C@@H]1CCCN1C(=O)c1ccc(N2CCCCC2)cc1. The zero-order valence-electron chi connectivity index (χ0n) is 12.7. The van der Waals surface area contributed by atoms with Crippen LogP contribution in [0.2, 0.25) is 0 Å². The Morgan fingerprint density at radius 2 is 1.64 bits per heavy atom. The fraction of sp³-hybridized carbons (Fsp3) is 0.529. The van der Waals surface area contributed by atoms with Crippen LogP contribution in [0.15, 0.2) is 24.3 Å². The van der Waals surface area contributed by atoms with Gasteiger partial charge in [0.25, 0.3) is 5.91 Å². The van der Waals surface area contributed by atoms with Crippen LogP contribution in [0.4, 0.5) is 5.69 Å². The number of carboxylic acids is 1. The van der Waals surface area contributed by atoms with Crippen LogP contribution in [0.5, 0.6) is 0 Å². The summed E-state index contributed by atoms with van der Waals surface area (Å²) in [6.07, 6.45) is 5.03. The summed E-state index contributed by atoms with van der Waals surface area (Å²) in [7, 11) is 0. The molecule has 22 heavy (non-hydrogen) atoms. The number of nitrogens with zero attached hydrogens (tertiary/aromatic N) is 2. The van der Waals surface area contributed by atoms with E-state index >= 15 is 0 Å². The lowest BCUT2D eigenvalue weighted by Crippen LogP contribution is -2.40. The van der Waals surface area contributed by atoms with Gasteiger partial charge in [-0.25, -0.2) is 4.79 Å². The minimum Gasteiger partial charge on any atom is -0.480 e. The Balaban J connectivity index is 1.72. The van der Waals surface area contributed by atoms with Crippen molar-refractivity contribution >= 4 is 17.6 Å². The molecule has 2 aliphatic heterocycles. The second-order valence-electron chi connectivity index (χ2n) is 6.09. The molecule has 1 aromatic carbocycles. The number of carbonyl (C=O) groups excluding carboxylic acids is 1.